The maximum absolute atomic E-state index is 12.8. The first-order chi connectivity index (χ1) is 15.6. The Morgan fingerprint density at radius 1 is 1.21 bits per heavy atom. The van der Waals surface area contributed by atoms with Crippen LogP contribution in [0.5, 0.6) is 0 Å². The predicted molar refractivity (Wildman–Crippen MR) is 118 cm³/mol. The minimum Gasteiger partial charge on any atom is -0.744 e. The molecule has 2 amide bonds. The van der Waals surface area contributed by atoms with Crippen molar-refractivity contribution in [3.8, 4) is 0 Å². The smallest absolute Gasteiger partial charge is 0.408 e. The van der Waals surface area contributed by atoms with Gasteiger partial charge in [0.25, 0.3) is 0 Å². The van der Waals surface area contributed by atoms with Gasteiger partial charge in [-0.2, -0.15) is 5.34 Å². The van der Waals surface area contributed by atoms with E-state index in [2.05, 4.69) is 15.6 Å². The van der Waals surface area contributed by atoms with Gasteiger partial charge in [-0.1, -0.05) is 44.2 Å². The van der Waals surface area contributed by atoms with Crippen molar-refractivity contribution in [1.29, 1.82) is 0 Å². The Labute approximate surface area is 191 Å². The number of carbonyl (C=O) groups excluding carboxylic acids is 3. The molecule has 0 spiro atoms. The number of aliphatic imine (C=N–C) groups is 1. The van der Waals surface area contributed by atoms with Crippen LogP contribution < -0.4 is 21.8 Å². The molecule has 13 heteroatoms. The maximum atomic E-state index is 12.8. The van der Waals surface area contributed by atoms with Crippen LogP contribution in [0.1, 0.15) is 32.3 Å². The van der Waals surface area contributed by atoms with Crippen LogP contribution in [0.2, 0.25) is 0 Å². The second-order valence-electron chi connectivity index (χ2n) is 7.31. The highest BCUT2D eigenvalue weighted by molar-refractivity contribution is 5.89. The second kappa shape index (κ2) is 14.6. The number of esters is 1. The first-order valence-electron chi connectivity index (χ1n) is 10.2. The standard InChI is InChI=1S/C20H31N6O7/c1-13(2)16(24-20(29)33-12-14-8-5-4-6-9-14)17(27)23-15(18(28)32-3)10-7-11-22-19(21)25-26(30)31/h4-6,8-9,13,15-16,30H,7,10-12H2,1-3H3,(H,23,27)(H,24,29)(H3,21,22,25)/q-1/t15-,16-/m0/s1. The zero-order valence-corrected chi connectivity index (χ0v) is 18.8. The summed E-state index contributed by atoms with van der Waals surface area (Å²) in [6, 6.07) is 7.12. The van der Waals surface area contributed by atoms with E-state index in [0.717, 1.165) is 5.56 Å². The minimum absolute atomic E-state index is 0.0444. The lowest BCUT2D eigenvalue weighted by Gasteiger charge is -2.24. The molecule has 184 valence electrons. The molecule has 0 aromatic heterocycles. The topological polar surface area (TPSA) is 191 Å². The molecule has 0 heterocycles. The number of hydrazine groups is 1. The van der Waals surface area contributed by atoms with E-state index in [0.29, 0.717) is 6.42 Å². The van der Waals surface area contributed by atoms with E-state index in [-0.39, 0.29) is 31.4 Å². The number of guanidine groups is 1. The highest BCUT2D eigenvalue weighted by Crippen LogP contribution is 2.07. The van der Waals surface area contributed by atoms with E-state index in [4.69, 9.17) is 20.4 Å². The summed E-state index contributed by atoms with van der Waals surface area (Å²) in [4.78, 5) is 40.8. The predicted octanol–water partition coefficient (Wildman–Crippen LogP) is 0.384. The van der Waals surface area contributed by atoms with Gasteiger partial charge in [-0.15, -0.1) is 0 Å². The molecule has 0 aliphatic carbocycles. The van der Waals surface area contributed by atoms with Crippen LogP contribution in [0.4, 0.5) is 4.79 Å². The lowest BCUT2D eigenvalue weighted by Crippen LogP contribution is -2.54. The van der Waals surface area contributed by atoms with Crippen molar-refractivity contribution in [2.75, 3.05) is 13.7 Å². The molecule has 0 fully saturated rings. The number of hydrogen-bond donors (Lipinski definition) is 5. The molecule has 13 nitrogen and oxygen atoms in total. The van der Waals surface area contributed by atoms with Crippen molar-refractivity contribution in [3.63, 3.8) is 0 Å². The Morgan fingerprint density at radius 3 is 2.45 bits per heavy atom. The van der Waals surface area contributed by atoms with Crippen LogP contribution in [0.15, 0.2) is 35.3 Å². The number of carbonyl (C=O) groups is 3. The Morgan fingerprint density at radius 2 is 1.88 bits per heavy atom. The summed E-state index contributed by atoms with van der Waals surface area (Å²) in [5, 5.41) is 23.4. The summed E-state index contributed by atoms with van der Waals surface area (Å²) >= 11 is 0. The summed E-state index contributed by atoms with van der Waals surface area (Å²) in [6.07, 6.45) is -0.319. The number of alkyl carbamates (subject to hydrolysis) is 1. The van der Waals surface area contributed by atoms with Gasteiger partial charge in [-0.05, 0) is 24.3 Å². The number of amides is 2. The number of methoxy groups -OCH3 is 1. The van der Waals surface area contributed by atoms with E-state index < -0.39 is 35.4 Å². The Hall–Kier alpha value is -3.42. The van der Waals surface area contributed by atoms with E-state index in [1.807, 2.05) is 23.6 Å². The molecule has 0 aliphatic heterocycles. The van der Waals surface area contributed by atoms with Crippen molar-refractivity contribution in [3.05, 3.63) is 41.1 Å². The monoisotopic (exact) mass is 467 g/mol. The summed E-state index contributed by atoms with van der Waals surface area (Å²) in [5.41, 5.74) is 7.97. The van der Waals surface area contributed by atoms with Crippen molar-refractivity contribution in [2.24, 2.45) is 16.6 Å². The van der Waals surface area contributed by atoms with Crippen LogP contribution in [0, 0.1) is 11.1 Å². The van der Waals surface area contributed by atoms with E-state index in [1.165, 1.54) is 7.11 Å². The van der Waals surface area contributed by atoms with Crippen LogP contribution in [-0.2, 0) is 25.7 Å². The zero-order valence-electron chi connectivity index (χ0n) is 18.8. The number of nitrogens with one attached hydrogen (secondary N) is 3. The normalized spacial score (nSPS) is 13.2. The van der Waals surface area contributed by atoms with Crippen LogP contribution in [0.25, 0.3) is 0 Å². The van der Waals surface area contributed by atoms with E-state index in [9.17, 15) is 19.6 Å². The largest absolute Gasteiger partial charge is 0.744 e. The quantitative estimate of drug-likeness (QED) is 0.0944. The lowest BCUT2D eigenvalue weighted by atomic mass is 10.0. The van der Waals surface area contributed by atoms with Crippen molar-refractivity contribution in [1.82, 2.24) is 21.4 Å². The van der Waals surface area contributed by atoms with Crippen LogP contribution in [-0.4, -0.2) is 60.2 Å². The van der Waals surface area contributed by atoms with Gasteiger partial charge in [0.05, 0.1) is 7.11 Å². The number of benzene rings is 1. The van der Waals surface area contributed by atoms with Gasteiger partial charge < -0.3 is 36.3 Å². The van der Waals surface area contributed by atoms with Crippen molar-refractivity contribution >= 4 is 23.9 Å². The van der Waals surface area contributed by atoms with Gasteiger partial charge >= 0.3 is 12.1 Å². The summed E-state index contributed by atoms with van der Waals surface area (Å²) in [6.45, 7) is 3.62. The molecule has 0 bridgehead atoms. The number of rotatable bonds is 12. The van der Waals surface area contributed by atoms with Gasteiger partial charge in [-0.3, -0.25) is 15.2 Å². The molecular weight excluding hydrogens is 436 g/mol. The summed E-state index contributed by atoms with van der Waals surface area (Å²) in [5.74, 6) is -1.86. The summed E-state index contributed by atoms with van der Waals surface area (Å²) < 4.78 is 9.90. The average Bonchev–Trinajstić information content (AvgIpc) is 2.77. The highest BCUT2D eigenvalue weighted by atomic mass is 16.8. The van der Waals surface area contributed by atoms with Gasteiger partial charge in [-0.25, -0.2) is 9.59 Å². The Kier molecular flexibility index (Phi) is 12.2. The number of nitrogens with two attached hydrogens (primary N) is 1. The second-order valence-corrected chi connectivity index (χ2v) is 7.31. The van der Waals surface area contributed by atoms with E-state index >= 15 is 0 Å². The first-order valence-corrected chi connectivity index (χ1v) is 10.2. The average molecular weight is 468 g/mol. The summed E-state index contributed by atoms with van der Waals surface area (Å²) in [7, 11) is 1.19. The third kappa shape index (κ3) is 11.1. The lowest BCUT2D eigenvalue weighted by molar-refractivity contribution is -0.145. The molecule has 0 radical (unpaired) electrons. The molecule has 33 heavy (non-hydrogen) atoms. The molecule has 0 unspecified atom stereocenters. The third-order valence-electron chi connectivity index (χ3n) is 4.38. The molecule has 1 aromatic rings. The van der Waals surface area contributed by atoms with Gasteiger partial charge in [0.1, 0.15) is 18.7 Å². The van der Waals surface area contributed by atoms with Gasteiger partial charge in [0, 0.05) is 6.54 Å². The number of ether oxygens (including phenoxy) is 2. The SMILES string of the molecule is COC(=O)[C@H](CCCN=C(N)NN([O-])O)NC(=O)[C@@H](NC(=O)OCc1ccccc1)C(C)C. The number of nitrogens with zero attached hydrogens (tertiary/aromatic N) is 2. The zero-order chi connectivity index (χ0) is 24.8. The Bertz CT molecular complexity index is 788. The van der Waals surface area contributed by atoms with E-state index in [1.54, 1.807) is 26.0 Å². The van der Waals surface area contributed by atoms with Crippen molar-refractivity contribution in [2.45, 2.75) is 45.4 Å². The molecule has 6 N–H and O–H groups in total. The molecule has 1 rings (SSSR count). The van der Waals surface area contributed by atoms with Crippen LogP contribution >= 0.6 is 0 Å². The third-order valence-corrected chi connectivity index (χ3v) is 4.38. The fraction of sp³-hybridized carbons (Fsp3) is 0.500. The molecule has 1 aromatic carbocycles. The highest BCUT2D eigenvalue weighted by Gasteiger charge is 2.29. The van der Waals surface area contributed by atoms with Gasteiger partial charge in [0.2, 0.25) is 11.9 Å². The van der Waals surface area contributed by atoms with Crippen molar-refractivity contribution < 1.29 is 29.1 Å². The fourth-order valence-electron chi connectivity index (χ4n) is 2.71. The number of hydrogen-bond acceptors (Lipinski definition) is 9. The van der Waals surface area contributed by atoms with Crippen LogP contribution in [0.3, 0.4) is 0 Å². The Balaban J connectivity index is 2.65. The molecule has 2 atom stereocenters. The fourth-order valence-corrected chi connectivity index (χ4v) is 2.71. The molecule has 0 saturated carbocycles. The first kappa shape index (κ1) is 27.6. The molecular formula is C20H31N6O7-. The van der Waals surface area contributed by atoms with Gasteiger partial charge in [0.15, 0.2) is 0 Å². The maximum Gasteiger partial charge on any atom is 0.408 e. The minimum atomic E-state index is -0.996. The molecule has 0 aliphatic rings. The molecule has 0 saturated heterocycles.